The van der Waals surface area contributed by atoms with E-state index in [1.165, 1.54) is 4.31 Å². The van der Waals surface area contributed by atoms with Crippen LogP contribution in [-0.2, 0) is 14.8 Å². The van der Waals surface area contributed by atoms with Crippen LogP contribution in [-0.4, -0.2) is 43.5 Å². The SMILES string of the molecule is Cc1ccc(S(=O)(=O)N2CCOCC2C)c2cccnc12. The van der Waals surface area contributed by atoms with Crippen molar-refractivity contribution in [3.05, 3.63) is 36.0 Å². The highest BCUT2D eigenvalue weighted by Crippen LogP contribution is 2.28. The second kappa shape index (κ2) is 5.36. The zero-order valence-corrected chi connectivity index (χ0v) is 12.9. The van der Waals surface area contributed by atoms with Crippen LogP contribution in [0.1, 0.15) is 12.5 Å². The molecule has 1 aromatic heterocycles. The van der Waals surface area contributed by atoms with Crippen molar-refractivity contribution in [2.24, 2.45) is 0 Å². The molecule has 1 aliphatic rings. The third-order valence-electron chi connectivity index (χ3n) is 3.82. The van der Waals surface area contributed by atoms with Crippen LogP contribution in [0, 0.1) is 6.92 Å². The molecule has 2 aromatic rings. The molecule has 112 valence electrons. The molecule has 21 heavy (non-hydrogen) atoms. The largest absolute Gasteiger partial charge is 0.378 e. The topological polar surface area (TPSA) is 59.5 Å². The van der Waals surface area contributed by atoms with Gasteiger partial charge in [-0.15, -0.1) is 0 Å². The van der Waals surface area contributed by atoms with Crippen LogP contribution < -0.4 is 0 Å². The highest BCUT2D eigenvalue weighted by atomic mass is 32.2. The smallest absolute Gasteiger partial charge is 0.244 e. The quantitative estimate of drug-likeness (QED) is 0.851. The van der Waals surface area contributed by atoms with E-state index in [1.54, 1.807) is 18.3 Å². The molecule has 3 rings (SSSR count). The molecule has 1 aromatic carbocycles. The van der Waals surface area contributed by atoms with E-state index in [9.17, 15) is 8.42 Å². The van der Waals surface area contributed by atoms with Gasteiger partial charge in [0.15, 0.2) is 0 Å². The fraction of sp³-hybridized carbons (Fsp3) is 0.400. The Bertz CT molecular complexity index is 774. The monoisotopic (exact) mass is 306 g/mol. The minimum Gasteiger partial charge on any atom is -0.378 e. The number of pyridine rings is 1. The van der Waals surface area contributed by atoms with E-state index in [1.807, 2.05) is 26.0 Å². The molecule has 2 heterocycles. The molecule has 1 fully saturated rings. The first kappa shape index (κ1) is 14.4. The number of hydrogen-bond donors (Lipinski definition) is 0. The van der Waals surface area contributed by atoms with Crippen LogP contribution >= 0.6 is 0 Å². The van der Waals surface area contributed by atoms with Gasteiger partial charge in [-0.1, -0.05) is 6.07 Å². The van der Waals surface area contributed by atoms with Crippen molar-refractivity contribution in [3.63, 3.8) is 0 Å². The Balaban J connectivity index is 2.17. The van der Waals surface area contributed by atoms with Gasteiger partial charge in [0, 0.05) is 24.2 Å². The molecule has 0 spiro atoms. The molecule has 0 bridgehead atoms. The normalized spacial score (nSPS) is 20.8. The highest BCUT2D eigenvalue weighted by molar-refractivity contribution is 7.89. The molecular formula is C15H18N2O3S. The molecule has 0 saturated carbocycles. The van der Waals surface area contributed by atoms with Crippen molar-refractivity contribution >= 4 is 20.9 Å². The molecule has 5 nitrogen and oxygen atoms in total. The molecule has 0 radical (unpaired) electrons. The summed E-state index contributed by atoms with van der Waals surface area (Å²) in [6, 6.07) is 6.91. The summed E-state index contributed by atoms with van der Waals surface area (Å²) in [5.41, 5.74) is 1.71. The van der Waals surface area contributed by atoms with Crippen molar-refractivity contribution in [2.75, 3.05) is 19.8 Å². The molecule has 1 unspecified atom stereocenters. The van der Waals surface area contributed by atoms with Gasteiger partial charge in [-0.05, 0) is 37.6 Å². The number of aryl methyl sites for hydroxylation is 1. The summed E-state index contributed by atoms with van der Waals surface area (Å²) in [5, 5.41) is 0.677. The predicted octanol–water partition coefficient (Wildman–Crippen LogP) is 1.95. The lowest BCUT2D eigenvalue weighted by atomic mass is 10.1. The lowest BCUT2D eigenvalue weighted by Crippen LogP contribution is -2.46. The average molecular weight is 306 g/mol. The van der Waals surface area contributed by atoms with E-state index in [0.717, 1.165) is 11.1 Å². The van der Waals surface area contributed by atoms with Crippen LogP contribution in [0.15, 0.2) is 35.4 Å². The Hall–Kier alpha value is -1.50. The zero-order valence-electron chi connectivity index (χ0n) is 12.1. The Morgan fingerprint density at radius 2 is 2.14 bits per heavy atom. The Kier molecular flexibility index (Phi) is 3.69. The van der Waals surface area contributed by atoms with Gasteiger partial charge >= 0.3 is 0 Å². The third-order valence-corrected chi connectivity index (χ3v) is 5.90. The highest BCUT2D eigenvalue weighted by Gasteiger charge is 2.32. The molecular weight excluding hydrogens is 288 g/mol. The number of hydrogen-bond acceptors (Lipinski definition) is 4. The van der Waals surface area contributed by atoms with Crippen molar-refractivity contribution in [1.82, 2.24) is 9.29 Å². The van der Waals surface area contributed by atoms with E-state index in [0.29, 0.717) is 30.0 Å². The molecule has 1 aliphatic heterocycles. The van der Waals surface area contributed by atoms with Crippen molar-refractivity contribution in [1.29, 1.82) is 0 Å². The number of benzene rings is 1. The Morgan fingerprint density at radius 3 is 2.90 bits per heavy atom. The number of nitrogens with zero attached hydrogens (tertiary/aromatic N) is 2. The van der Waals surface area contributed by atoms with Gasteiger partial charge in [0.2, 0.25) is 10.0 Å². The summed E-state index contributed by atoms with van der Waals surface area (Å²) >= 11 is 0. The third kappa shape index (κ3) is 2.43. The van der Waals surface area contributed by atoms with E-state index in [2.05, 4.69) is 4.98 Å². The number of morpholine rings is 1. The van der Waals surface area contributed by atoms with Gasteiger partial charge in [-0.25, -0.2) is 8.42 Å². The lowest BCUT2D eigenvalue weighted by molar-refractivity contribution is 0.0393. The maximum Gasteiger partial charge on any atom is 0.244 e. The van der Waals surface area contributed by atoms with Crippen LogP contribution in [0.5, 0.6) is 0 Å². The van der Waals surface area contributed by atoms with Crippen LogP contribution in [0.4, 0.5) is 0 Å². The van der Waals surface area contributed by atoms with Crippen LogP contribution in [0.25, 0.3) is 10.9 Å². The summed E-state index contributed by atoms with van der Waals surface area (Å²) in [4.78, 5) is 4.64. The second-order valence-corrected chi connectivity index (χ2v) is 7.18. The van der Waals surface area contributed by atoms with Gasteiger partial charge in [-0.2, -0.15) is 4.31 Å². The zero-order chi connectivity index (χ0) is 15.0. The van der Waals surface area contributed by atoms with Crippen molar-refractivity contribution in [3.8, 4) is 0 Å². The van der Waals surface area contributed by atoms with E-state index in [4.69, 9.17) is 4.74 Å². The molecule has 0 amide bonds. The van der Waals surface area contributed by atoms with Gasteiger partial charge in [-0.3, -0.25) is 4.98 Å². The van der Waals surface area contributed by atoms with Crippen molar-refractivity contribution in [2.45, 2.75) is 24.8 Å². The standard InChI is InChI=1S/C15H18N2O3S/c1-11-5-6-14(13-4-3-7-16-15(11)13)21(18,19)17-8-9-20-10-12(17)2/h3-7,12H,8-10H2,1-2H3. The molecule has 6 heteroatoms. The average Bonchev–Trinajstić information content (AvgIpc) is 2.48. The number of fused-ring (bicyclic) bond motifs is 1. The number of ether oxygens (including phenoxy) is 1. The first-order valence-corrected chi connectivity index (χ1v) is 8.40. The summed E-state index contributed by atoms with van der Waals surface area (Å²) in [6.45, 7) is 5.06. The molecule has 0 aliphatic carbocycles. The number of sulfonamides is 1. The first-order chi connectivity index (χ1) is 10.0. The maximum absolute atomic E-state index is 13.0. The fourth-order valence-corrected chi connectivity index (χ4v) is 4.49. The van der Waals surface area contributed by atoms with Crippen LogP contribution in [0.3, 0.4) is 0 Å². The summed E-state index contributed by atoms with van der Waals surface area (Å²) in [6.07, 6.45) is 1.68. The van der Waals surface area contributed by atoms with E-state index < -0.39 is 10.0 Å². The van der Waals surface area contributed by atoms with E-state index >= 15 is 0 Å². The summed E-state index contributed by atoms with van der Waals surface area (Å²) < 4.78 is 32.8. The first-order valence-electron chi connectivity index (χ1n) is 6.96. The van der Waals surface area contributed by atoms with Crippen molar-refractivity contribution < 1.29 is 13.2 Å². The van der Waals surface area contributed by atoms with Gasteiger partial charge in [0.1, 0.15) is 0 Å². The lowest BCUT2D eigenvalue weighted by Gasteiger charge is -2.32. The molecule has 0 N–H and O–H groups in total. The minimum atomic E-state index is -3.54. The number of rotatable bonds is 2. The second-order valence-electron chi connectivity index (χ2n) is 5.32. The maximum atomic E-state index is 13.0. The van der Waals surface area contributed by atoms with Gasteiger partial charge in [0.25, 0.3) is 0 Å². The molecule has 1 saturated heterocycles. The van der Waals surface area contributed by atoms with E-state index in [-0.39, 0.29) is 6.04 Å². The number of aromatic nitrogens is 1. The predicted molar refractivity (Wildman–Crippen MR) is 80.7 cm³/mol. The fourth-order valence-electron chi connectivity index (χ4n) is 2.71. The van der Waals surface area contributed by atoms with Crippen LogP contribution in [0.2, 0.25) is 0 Å². The Labute approximate surface area is 124 Å². The minimum absolute atomic E-state index is 0.156. The molecule has 1 atom stereocenters. The summed E-state index contributed by atoms with van der Waals surface area (Å²) in [5.74, 6) is 0. The Morgan fingerprint density at radius 1 is 1.33 bits per heavy atom. The van der Waals surface area contributed by atoms with Gasteiger partial charge in [0.05, 0.1) is 23.6 Å². The van der Waals surface area contributed by atoms with Gasteiger partial charge < -0.3 is 4.74 Å². The summed E-state index contributed by atoms with van der Waals surface area (Å²) in [7, 11) is -3.54.